The van der Waals surface area contributed by atoms with Crippen LogP contribution in [0, 0.1) is 23.5 Å². The lowest BCUT2D eigenvalue weighted by Crippen LogP contribution is -2.35. The fourth-order valence-electron chi connectivity index (χ4n) is 8.18. The molecule has 2 atom stereocenters. The Morgan fingerprint density at radius 3 is 1.47 bits per heavy atom. The predicted molar refractivity (Wildman–Crippen MR) is 321 cm³/mol. The number of fused-ring (bicyclic) bond motifs is 2. The lowest BCUT2D eigenvalue weighted by atomic mass is 10.0. The Morgan fingerprint density at radius 1 is 0.647 bits per heavy atom. The van der Waals surface area contributed by atoms with Gasteiger partial charge in [-0.05, 0) is 80.7 Å². The van der Waals surface area contributed by atoms with Crippen LogP contribution in [-0.4, -0.2) is 160 Å². The van der Waals surface area contributed by atoms with Crippen molar-refractivity contribution in [2.24, 2.45) is 21.8 Å². The Morgan fingerprint density at radius 2 is 1.06 bits per heavy atom. The molecule has 6 heterocycles. The maximum absolute atomic E-state index is 14.6. The number of carboxylic acids is 1. The molecule has 0 radical (unpaired) electrons. The molecule has 0 spiro atoms. The van der Waals surface area contributed by atoms with Gasteiger partial charge in [-0.15, -0.1) is 0 Å². The maximum atomic E-state index is 14.6. The van der Waals surface area contributed by atoms with E-state index in [-0.39, 0.29) is 83.5 Å². The van der Waals surface area contributed by atoms with Crippen molar-refractivity contribution in [3.8, 4) is 0 Å². The summed E-state index contributed by atoms with van der Waals surface area (Å²) in [7, 11) is 12.4. The third kappa shape index (κ3) is 20.6. The minimum Gasteiger partial charge on any atom is -0.479 e. The summed E-state index contributed by atoms with van der Waals surface area (Å²) in [6.07, 6.45) is 7.08. The number of ether oxygens (including phenoxy) is 2. The van der Waals surface area contributed by atoms with Crippen LogP contribution in [0.25, 0.3) is 0 Å². The third-order valence-electron chi connectivity index (χ3n) is 12.7. The number of anilines is 1. The van der Waals surface area contributed by atoms with Crippen LogP contribution >= 0.6 is 23.2 Å². The van der Waals surface area contributed by atoms with Crippen LogP contribution in [-0.2, 0) is 73.8 Å². The number of nitrogens with zero attached hydrogens (tertiary/aromatic N) is 10. The minimum atomic E-state index is -1.21. The molecule has 460 valence electrons. The van der Waals surface area contributed by atoms with Crippen LogP contribution in [0.1, 0.15) is 81.5 Å². The van der Waals surface area contributed by atoms with Crippen molar-refractivity contribution in [1.29, 1.82) is 0 Å². The fraction of sp³-hybridized carbons (Fsp3) is 0.458. The van der Waals surface area contributed by atoms with E-state index in [2.05, 4.69) is 33.8 Å². The second kappa shape index (κ2) is 32.2. The molecule has 4 aromatic heterocycles. The van der Waals surface area contributed by atoms with E-state index in [0.29, 0.717) is 77.1 Å². The maximum Gasteiger partial charge on any atom is 0.410 e. The number of carbonyl (C=O) groups excluding carboxylic acids is 5. The Hall–Kier alpha value is -8.12. The summed E-state index contributed by atoms with van der Waals surface area (Å²) in [6.45, 7) is 8.42. The molecular weight excluding hydrogens is 1150 g/mol. The molecule has 0 aliphatic carbocycles. The number of halogens is 4. The van der Waals surface area contributed by atoms with Crippen LogP contribution in [0.3, 0.4) is 0 Å². The Labute approximate surface area is 502 Å². The van der Waals surface area contributed by atoms with Gasteiger partial charge in [0.1, 0.15) is 21.9 Å². The summed E-state index contributed by atoms with van der Waals surface area (Å²) in [6, 6.07) is 6.01. The Balaban J connectivity index is 0.000000303. The summed E-state index contributed by atoms with van der Waals surface area (Å²) in [5, 5.41) is 9.32. The number of rotatable bonds is 22. The number of nitrogen functional groups attached to an aromatic ring is 1. The summed E-state index contributed by atoms with van der Waals surface area (Å²) in [4.78, 5) is 119. The SMILES string of the molecule is CC(C)Cc1ncc(F)c2c1N=C(Cn1c(Cl)ccc(CC(=O)[C@H](CC/C=C/C(=O)N(C)C)OC(=O)N(C)C)c1=O)C2.CC(C)Cc1ncc(F)c2c1N=C(Cn1c(Cl)ccc(N)c1=O)C2.CN(C)C(=O)/C=C/CC[C@H](OC(=O)N(C)C)C(=O)O. The van der Waals surface area contributed by atoms with Crippen LogP contribution in [0.5, 0.6) is 0 Å². The Kier molecular flexibility index (Phi) is 26.3. The molecule has 4 aromatic rings. The second-order valence-electron chi connectivity index (χ2n) is 21.7. The first-order valence-electron chi connectivity index (χ1n) is 27.2. The van der Waals surface area contributed by atoms with Crippen molar-refractivity contribution < 1.29 is 52.1 Å². The molecule has 2 aliphatic rings. The number of nitrogens with two attached hydrogens (primary N) is 1. The van der Waals surface area contributed by atoms with Gasteiger partial charge < -0.3 is 39.9 Å². The van der Waals surface area contributed by atoms with E-state index in [1.165, 1.54) is 94.8 Å². The number of Topliss-reactive ketones (excluding diaryl/α,β-unsaturated/α-hetero) is 1. The van der Waals surface area contributed by atoms with E-state index >= 15 is 0 Å². The number of allylic oxidation sites excluding steroid dienone is 2. The summed E-state index contributed by atoms with van der Waals surface area (Å²) in [5.41, 5.74) is 9.82. The van der Waals surface area contributed by atoms with E-state index in [1.807, 2.05) is 13.8 Å². The highest BCUT2D eigenvalue weighted by Crippen LogP contribution is 2.35. The molecule has 22 nitrogen and oxygen atoms in total. The van der Waals surface area contributed by atoms with Crippen molar-refractivity contribution in [3.63, 3.8) is 0 Å². The molecule has 4 amide bonds. The molecule has 0 bridgehead atoms. The quantitative estimate of drug-likeness (QED) is 0.0560. The molecule has 2 aliphatic heterocycles. The molecule has 0 aromatic carbocycles. The highest BCUT2D eigenvalue weighted by Gasteiger charge is 2.29. The number of amides is 4. The van der Waals surface area contributed by atoms with E-state index in [4.69, 9.17) is 43.5 Å². The zero-order valence-corrected chi connectivity index (χ0v) is 51.5. The van der Waals surface area contributed by atoms with Crippen molar-refractivity contribution >= 4 is 87.4 Å². The number of aliphatic imine (C=N–C) groups is 2. The van der Waals surface area contributed by atoms with Crippen molar-refractivity contribution in [2.45, 2.75) is 111 Å². The molecule has 3 N–H and O–H groups in total. The summed E-state index contributed by atoms with van der Waals surface area (Å²) in [5.74, 6) is -2.21. The summed E-state index contributed by atoms with van der Waals surface area (Å²) < 4.78 is 41.5. The zero-order valence-electron chi connectivity index (χ0n) is 50.0. The largest absolute Gasteiger partial charge is 0.479 e. The first-order chi connectivity index (χ1) is 39.9. The molecule has 0 saturated heterocycles. The zero-order chi connectivity index (χ0) is 63.6. The molecular formula is C59H75Cl2F2N11O11. The Bertz CT molecular complexity index is 3350. The van der Waals surface area contributed by atoms with E-state index in [0.717, 1.165) is 17.0 Å². The van der Waals surface area contributed by atoms with Gasteiger partial charge in [-0.2, -0.15) is 0 Å². The highest BCUT2D eigenvalue weighted by atomic mass is 35.5. The van der Waals surface area contributed by atoms with Crippen molar-refractivity contribution in [2.75, 3.05) is 62.1 Å². The van der Waals surface area contributed by atoms with Crippen molar-refractivity contribution in [3.05, 3.63) is 132 Å². The average molecular weight is 1220 g/mol. The van der Waals surface area contributed by atoms with Gasteiger partial charge in [0.25, 0.3) is 11.1 Å². The standard InChI is InChI=1S/C30H37ClFN5O5.C17H18ClFN4O.C12H20N2O5/c1-18(2)13-23-28-21(22(32)16-33-23)15-20(34-28)17-37-26(31)12-11-19(29(37)40)14-24(38)25(42-30(41)36(5)6)9-7-8-10-27(39)35(3)4;1-9(2)5-14-16-11(12(19)7-21-14)6-10(22-16)8-23-15(18)4-3-13(20)17(23)24;1-13(2)10(15)8-6-5-7-9(11(16)17)19-12(18)14(3)4/h8,10-12,16,18,25H,7,9,13-15,17H2,1-6H3;3-4,7,9H,5-6,8,20H2,1-2H3;6,8-9H,5,7H2,1-4H3,(H,16,17)/b10-8+;;8-6+/t25-;;9-/m0.0/s1. The lowest BCUT2D eigenvalue weighted by Gasteiger charge is -2.19. The number of likely N-dealkylation sites (N-methyl/N-ethyl adjacent to an activating group) is 2. The second-order valence-corrected chi connectivity index (χ2v) is 22.5. The number of hydrogen-bond donors (Lipinski definition) is 2. The average Bonchev–Trinajstić information content (AvgIpc) is 4.08. The van der Waals surface area contributed by atoms with Crippen LogP contribution < -0.4 is 16.9 Å². The summed E-state index contributed by atoms with van der Waals surface area (Å²) >= 11 is 12.5. The van der Waals surface area contributed by atoms with Gasteiger partial charge in [0.15, 0.2) is 11.9 Å². The van der Waals surface area contributed by atoms with Gasteiger partial charge in [0, 0.05) is 104 Å². The van der Waals surface area contributed by atoms with Crippen LogP contribution in [0.15, 0.2) is 80.5 Å². The molecule has 0 saturated carbocycles. The molecule has 0 unspecified atom stereocenters. The third-order valence-corrected chi connectivity index (χ3v) is 13.4. The number of hydrogen-bond acceptors (Lipinski definition) is 15. The lowest BCUT2D eigenvalue weighted by molar-refractivity contribution is -0.147. The van der Waals surface area contributed by atoms with Crippen molar-refractivity contribution in [1.82, 2.24) is 38.7 Å². The minimum absolute atomic E-state index is 0.0126. The van der Waals surface area contributed by atoms with Gasteiger partial charge in [-0.3, -0.25) is 53.1 Å². The monoisotopic (exact) mass is 1220 g/mol. The van der Waals surface area contributed by atoms with Gasteiger partial charge >= 0.3 is 18.2 Å². The highest BCUT2D eigenvalue weighted by molar-refractivity contribution is 6.30. The van der Waals surface area contributed by atoms with Gasteiger partial charge in [-0.1, -0.05) is 69.1 Å². The van der Waals surface area contributed by atoms with Gasteiger partial charge in [0.05, 0.1) is 53.9 Å². The number of ketones is 1. The normalized spacial score (nSPS) is 13.0. The number of pyridine rings is 4. The number of aliphatic carboxylic acids is 1. The number of carboxylic acid groups (broad SMARTS) is 1. The molecule has 26 heteroatoms. The predicted octanol–water partition coefficient (Wildman–Crippen LogP) is 7.87. The molecule has 85 heavy (non-hydrogen) atoms. The molecule has 6 rings (SSSR count). The topological polar surface area (TPSA) is 275 Å². The molecule has 0 fully saturated rings. The van der Waals surface area contributed by atoms with E-state index in [1.54, 1.807) is 46.4 Å². The fourth-order valence-corrected chi connectivity index (χ4v) is 8.58. The smallest absolute Gasteiger partial charge is 0.410 e. The van der Waals surface area contributed by atoms with E-state index < -0.39 is 47.5 Å². The van der Waals surface area contributed by atoms with Gasteiger partial charge in [0.2, 0.25) is 17.9 Å². The van der Waals surface area contributed by atoms with E-state index in [9.17, 15) is 47.1 Å². The van der Waals surface area contributed by atoms with Gasteiger partial charge in [-0.25, -0.2) is 23.2 Å². The first kappa shape index (κ1) is 69.4. The first-order valence-corrected chi connectivity index (χ1v) is 27.9. The number of aromatic nitrogens is 4. The number of carbonyl (C=O) groups is 6. The van der Waals surface area contributed by atoms with Crippen LogP contribution in [0.4, 0.5) is 35.4 Å². The van der Waals surface area contributed by atoms with Crippen LogP contribution in [0.2, 0.25) is 10.3 Å².